The summed E-state index contributed by atoms with van der Waals surface area (Å²) in [5.41, 5.74) is 0.548. The number of fused-ring (bicyclic) bond motifs is 1. The average Bonchev–Trinajstić information content (AvgIpc) is 2.83. The van der Waals surface area contributed by atoms with Gasteiger partial charge < -0.3 is 25.4 Å². The van der Waals surface area contributed by atoms with Gasteiger partial charge in [0.1, 0.15) is 6.54 Å². The number of aliphatic imine (C=N–C) groups is 1. The molecule has 1 aliphatic heterocycles. The summed E-state index contributed by atoms with van der Waals surface area (Å²) >= 11 is 1.74. The van der Waals surface area contributed by atoms with E-state index >= 15 is 0 Å². The first-order valence-corrected chi connectivity index (χ1v) is 10.5. The molecule has 0 fully saturated rings. The number of carbonyl (C=O) groups is 1. The number of hydrogen-bond donors (Lipinski definition) is 3. The standard InChI is InChI=1S/C19H30N4O3S/c1-19(2,3)23-17(24)13-21-18(20-8-11-27-4)22-14-6-7-15-16(12-14)26-10-5-9-25-15/h6-7,12H,5,8-11,13H2,1-4H3,(H,23,24)(H2,20,21,22). The fraction of sp³-hybridized carbons (Fsp3) is 0.579. The van der Waals surface area contributed by atoms with E-state index < -0.39 is 0 Å². The Hall–Kier alpha value is -2.09. The van der Waals surface area contributed by atoms with Gasteiger partial charge >= 0.3 is 0 Å². The molecule has 7 nitrogen and oxygen atoms in total. The molecule has 0 unspecified atom stereocenters. The largest absolute Gasteiger partial charge is 0.490 e. The number of benzene rings is 1. The topological polar surface area (TPSA) is 84.0 Å². The molecule has 0 aromatic heterocycles. The molecular weight excluding hydrogens is 364 g/mol. The summed E-state index contributed by atoms with van der Waals surface area (Å²) in [5, 5.41) is 9.40. The van der Waals surface area contributed by atoms with Gasteiger partial charge in [0.25, 0.3) is 0 Å². The first kappa shape index (κ1) is 21.2. The maximum absolute atomic E-state index is 12.1. The summed E-state index contributed by atoms with van der Waals surface area (Å²) in [6.07, 6.45) is 2.91. The van der Waals surface area contributed by atoms with Gasteiger partial charge in [0.2, 0.25) is 5.91 Å². The lowest BCUT2D eigenvalue weighted by molar-refractivity contribution is -0.121. The minimum Gasteiger partial charge on any atom is -0.490 e. The maximum atomic E-state index is 12.1. The molecule has 2 rings (SSSR count). The molecule has 8 heteroatoms. The molecule has 1 amide bonds. The summed E-state index contributed by atoms with van der Waals surface area (Å²) < 4.78 is 11.4. The van der Waals surface area contributed by atoms with Gasteiger partial charge in [-0.25, -0.2) is 4.99 Å². The molecule has 0 radical (unpaired) electrons. The average molecular weight is 395 g/mol. The Labute approximate surface area is 165 Å². The highest BCUT2D eigenvalue weighted by Crippen LogP contribution is 2.32. The second-order valence-electron chi connectivity index (χ2n) is 7.22. The number of nitrogens with one attached hydrogen (secondary N) is 3. The molecule has 0 spiro atoms. The zero-order chi connectivity index (χ0) is 19.7. The van der Waals surface area contributed by atoms with Crippen molar-refractivity contribution in [2.24, 2.45) is 4.99 Å². The molecule has 0 saturated carbocycles. The molecule has 1 aromatic rings. The van der Waals surface area contributed by atoms with Crippen molar-refractivity contribution in [1.82, 2.24) is 10.6 Å². The van der Waals surface area contributed by atoms with E-state index in [4.69, 9.17) is 9.47 Å². The summed E-state index contributed by atoms with van der Waals surface area (Å²) in [5.74, 6) is 2.84. The monoisotopic (exact) mass is 394 g/mol. The number of guanidine groups is 1. The van der Waals surface area contributed by atoms with Crippen LogP contribution in [0, 0.1) is 0 Å². The van der Waals surface area contributed by atoms with Crippen LogP contribution in [0.1, 0.15) is 27.2 Å². The Kier molecular flexibility index (Phi) is 8.09. The van der Waals surface area contributed by atoms with Gasteiger partial charge in [-0.05, 0) is 39.2 Å². The van der Waals surface area contributed by atoms with E-state index in [1.54, 1.807) is 11.8 Å². The van der Waals surface area contributed by atoms with Crippen molar-refractivity contribution >= 4 is 29.3 Å². The summed E-state index contributed by atoms with van der Waals surface area (Å²) in [4.78, 5) is 16.5. The van der Waals surface area contributed by atoms with Crippen LogP contribution < -0.4 is 25.4 Å². The Balaban J connectivity index is 2.06. The van der Waals surface area contributed by atoms with E-state index in [9.17, 15) is 4.79 Å². The number of anilines is 1. The first-order valence-electron chi connectivity index (χ1n) is 9.12. The molecule has 3 N–H and O–H groups in total. The number of amides is 1. The Morgan fingerprint density at radius 2 is 1.96 bits per heavy atom. The number of thioether (sulfide) groups is 1. The van der Waals surface area contributed by atoms with Crippen LogP contribution in [0.15, 0.2) is 23.2 Å². The zero-order valence-corrected chi connectivity index (χ0v) is 17.4. The number of nitrogens with zero attached hydrogens (tertiary/aromatic N) is 1. The predicted molar refractivity (Wildman–Crippen MR) is 112 cm³/mol. The SMILES string of the molecule is CSCCNC(=NCC(=O)NC(C)(C)C)Nc1ccc2c(c1)OCCCO2. The second kappa shape index (κ2) is 10.3. The number of hydrogen-bond acceptors (Lipinski definition) is 5. The minimum absolute atomic E-state index is 0.0520. The van der Waals surface area contributed by atoms with Crippen molar-refractivity contribution in [1.29, 1.82) is 0 Å². The molecule has 1 heterocycles. The van der Waals surface area contributed by atoms with Crippen LogP contribution in [0.3, 0.4) is 0 Å². The van der Waals surface area contributed by atoms with Crippen LogP contribution in [-0.2, 0) is 4.79 Å². The molecule has 0 saturated heterocycles. The highest BCUT2D eigenvalue weighted by Gasteiger charge is 2.14. The van der Waals surface area contributed by atoms with Gasteiger partial charge in [-0.2, -0.15) is 11.8 Å². The summed E-state index contributed by atoms with van der Waals surface area (Å²) in [7, 11) is 0. The number of rotatable bonds is 6. The van der Waals surface area contributed by atoms with Crippen LogP contribution in [-0.4, -0.2) is 55.7 Å². The van der Waals surface area contributed by atoms with Crippen molar-refractivity contribution in [2.45, 2.75) is 32.7 Å². The van der Waals surface area contributed by atoms with Crippen molar-refractivity contribution in [3.8, 4) is 11.5 Å². The maximum Gasteiger partial charge on any atom is 0.242 e. The third kappa shape index (κ3) is 7.99. The van der Waals surface area contributed by atoms with Crippen LogP contribution in [0.25, 0.3) is 0 Å². The molecule has 1 aliphatic rings. The van der Waals surface area contributed by atoms with Gasteiger partial charge in [-0.1, -0.05) is 0 Å². The van der Waals surface area contributed by atoms with E-state index in [-0.39, 0.29) is 18.0 Å². The highest BCUT2D eigenvalue weighted by molar-refractivity contribution is 7.98. The van der Waals surface area contributed by atoms with Gasteiger partial charge in [-0.3, -0.25) is 4.79 Å². The molecule has 0 atom stereocenters. The van der Waals surface area contributed by atoms with Crippen molar-refractivity contribution in [3.63, 3.8) is 0 Å². The van der Waals surface area contributed by atoms with E-state index in [1.165, 1.54) is 0 Å². The van der Waals surface area contributed by atoms with Crippen LogP contribution in [0.5, 0.6) is 11.5 Å². The van der Waals surface area contributed by atoms with Crippen molar-refractivity contribution in [2.75, 3.05) is 43.6 Å². The van der Waals surface area contributed by atoms with Gasteiger partial charge in [-0.15, -0.1) is 0 Å². The van der Waals surface area contributed by atoms with Crippen LogP contribution in [0.2, 0.25) is 0 Å². The third-order valence-corrected chi connectivity index (χ3v) is 4.12. The minimum atomic E-state index is -0.277. The predicted octanol–water partition coefficient (Wildman–Crippen LogP) is 2.48. The third-order valence-electron chi connectivity index (χ3n) is 3.50. The summed E-state index contributed by atoms with van der Waals surface area (Å²) in [6, 6.07) is 5.69. The quantitative estimate of drug-likeness (QED) is 0.391. The van der Waals surface area contributed by atoms with Crippen molar-refractivity contribution < 1.29 is 14.3 Å². The molecule has 27 heavy (non-hydrogen) atoms. The first-order chi connectivity index (χ1) is 12.9. The van der Waals surface area contributed by atoms with E-state index in [2.05, 4.69) is 20.9 Å². The van der Waals surface area contributed by atoms with Crippen molar-refractivity contribution in [3.05, 3.63) is 18.2 Å². The number of carbonyl (C=O) groups excluding carboxylic acids is 1. The summed E-state index contributed by atoms with van der Waals surface area (Å²) in [6.45, 7) is 7.93. The lowest BCUT2D eigenvalue weighted by atomic mass is 10.1. The van der Waals surface area contributed by atoms with E-state index in [1.807, 2.05) is 45.2 Å². The van der Waals surface area contributed by atoms with Gasteiger partial charge in [0, 0.05) is 36.0 Å². The van der Waals surface area contributed by atoms with E-state index in [0.29, 0.717) is 24.9 Å². The second-order valence-corrected chi connectivity index (χ2v) is 8.21. The van der Waals surface area contributed by atoms with E-state index in [0.717, 1.165) is 30.2 Å². The fourth-order valence-corrected chi connectivity index (χ4v) is 2.70. The van der Waals surface area contributed by atoms with Crippen LogP contribution >= 0.6 is 11.8 Å². The molecule has 150 valence electrons. The van der Waals surface area contributed by atoms with Gasteiger partial charge in [0.15, 0.2) is 17.5 Å². The lowest BCUT2D eigenvalue weighted by Gasteiger charge is -2.20. The zero-order valence-electron chi connectivity index (χ0n) is 16.6. The normalized spacial score (nSPS) is 14.3. The Bertz CT molecular complexity index is 659. The molecule has 1 aromatic carbocycles. The highest BCUT2D eigenvalue weighted by atomic mass is 32.2. The number of ether oxygens (including phenoxy) is 2. The Morgan fingerprint density at radius 3 is 2.67 bits per heavy atom. The fourth-order valence-electron chi connectivity index (χ4n) is 2.40. The molecule has 0 aliphatic carbocycles. The smallest absolute Gasteiger partial charge is 0.242 e. The molecular formula is C19H30N4O3S. The van der Waals surface area contributed by atoms with Gasteiger partial charge in [0.05, 0.1) is 13.2 Å². The lowest BCUT2D eigenvalue weighted by Crippen LogP contribution is -2.42. The van der Waals surface area contributed by atoms with Crippen LogP contribution in [0.4, 0.5) is 5.69 Å². The molecule has 0 bridgehead atoms. The Morgan fingerprint density at radius 1 is 1.22 bits per heavy atom.